The first kappa shape index (κ1) is 22.0. The van der Waals surface area contributed by atoms with Crippen molar-refractivity contribution in [2.24, 2.45) is 0 Å². The molecule has 3 aromatic carbocycles. The Morgan fingerprint density at radius 1 is 0.742 bits per heavy atom. The number of ether oxygens (including phenoxy) is 5. The van der Waals surface area contributed by atoms with Crippen molar-refractivity contribution in [3.8, 4) is 28.7 Å². The predicted octanol–water partition coefficient (Wildman–Crippen LogP) is 4.33. The monoisotopic (exact) mass is 424 g/mol. The van der Waals surface area contributed by atoms with Gasteiger partial charge < -0.3 is 23.7 Å². The van der Waals surface area contributed by atoms with Crippen molar-refractivity contribution in [2.75, 3.05) is 20.8 Å². The molecule has 0 aliphatic carbocycles. The smallest absolute Gasteiger partial charge is 0.308 e. The third-order valence-electron chi connectivity index (χ3n) is 4.50. The molecule has 3 rings (SSSR count). The van der Waals surface area contributed by atoms with Crippen LogP contribution in [0.5, 0.6) is 28.7 Å². The molecule has 0 saturated carbocycles. The van der Waals surface area contributed by atoms with Gasteiger partial charge in [-0.3, -0.25) is 9.59 Å². The maximum Gasteiger partial charge on any atom is 0.308 e. The average molecular weight is 424 g/mol. The van der Waals surface area contributed by atoms with Crippen molar-refractivity contribution in [3.63, 3.8) is 0 Å². The Balaban J connectivity index is 2.06. The van der Waals surface area contributed by atoms with E-state index in [0.717, 1.165) is 12.0 Å². The molecule has 0 N–H and O–H groups in total. The highest BCUT2D eigenvalue weighted by atomic mass is 16.6. The lowest BCUT2D eigenvalue weighted by atomic mass is 10.1. The number of methoxy groups -OCH3 is 2. The fourth-order valence-corrected chi connectivity index (χ4v) is 3.24. The van der Waals surface area contributed by atoms with Crippen LogP contribution in [0.3, 0.4) is 0 Å². The summed E-state index contributed by atoms with van der Waals surface area (Å²) in [5, 5.41) is 1.00. The Morgan fingerprint density at radius 3 is 1.87 bits per heavy atom. The van der Waals surface area contributed by atoms with Crippen LogP contribution >= 0.6 is 0 Å². The largest absolute Gasteiger partial charge is 0.493 e. The fraction of sp³-hybridized carbons (Fsp3) is 0.250. The van der Waals surface area contributed by atoms with Crippen LogP contribution in [0.2, 0.25) is 0 Å². The van der Waals surface area contributed by atoms with E-state index in [4.69, 9.17) is 23.7 Å². The summed E-state index contributed by atoms with van der Waals surface area (Å²) in [5.74, 6) is 0.141. The Labute approximate surface area is 180 Å². The average Bonchev–Trinajstić information content (AvgIpc) is 2.75. The lowest BCUT2D eigenvalue weighted by molar-refractivity contribution is -0.133. The van der Waals surface area contributed by atoms with Gasteiger partial charge in [-0.25, -0.2) is 0 Å². The van der Waals surface area contributed by atoms with Crippen LogP contribution in [0.1, 0.15) is 19.4 Å². The lowest BCUT2D eigenvalue weighted by Gasteiger charge is -2.19. The van der Waals surface area contributed by atoms with Crippen LogP contribution in [0, 0.1) is 0 Å². The predicted molar refractivity (Wildman–Crippen MR) is 115 cm³/mol. The number of fused-ring (bicyclic) bond motifs is 1. The van der Waals surface area contributed by atoms with E-state index in [1.807, 2.05) is 30.3 Å². The number of hydrogen-bond acceptors (Lipinski definition) is 7. The highest BCUT2D eigenvalue weighted by molar-refractivity contribution is 6.01. The number of carbonyl (C=O) groups is 2. The van der Waals surface area contributed by atoms with Gasteiger partial charge in [0.2, 0.25) is 11.5 Å². The molecule has 0 aliphatic rings. The Bertz CT molecular complexity index is 1090. The van der Waals surface area contributed by atoms with Crippen LogP contribution < -0.4 is 23.7 Å². The van der Waals surface area contributed by atoms with E-state index in [0.29, 0.717) is 23.1 Å². The Hall–Kier alpha value is -3.74. The van der Waals surface area contributed by atoms with E-state index in [1.54, 1.807) is 18.2 Å². The summed E-state index contributed by atoms with van der Waals surface area (Å²) in [4.78, 5) is 23.5. The van der Waals surface area contributed by atoms with Gasteiger partial charge in [0.05, 0.1) is 20.8 Å². The molecule has 0 saturated heterocycles. The van der Waals surface area contributed by atoms with Crippen LogP contribution in [-0.4, -0.2) is 32.8 Å². The second-order valence-electron chi connectivity index (χ2n) is 6.70. The summed E-state index contributed by atoms with van der Waals surface area (Å²) in [6.07, 6.45) is 0.736. The first-order chi connectivity index (χ1) is 14.9. The van der Waals surface area contributed by atoms with E-state index in [2.05, 4.69) is 0 Å². The number of carbonyl (C=O) groups excluding carboxylic acids is 2. The van der Waals surface area contributed by atoms with Gasteiger partial charge in [0.15, 0.2) is 11.5 Å². The van der Waals surface area contributed by atoms with Crippen molar-refractivity contribution in [2.45, 2.75) is 20.3 Å². The van der Waals surface area contributed by atoms with Gasteiger partial charge in [-0.2, -0.15) is 0 Å². The summed E-state index contributed by atoms with van der Waals surface area (Å²) in [7, 11) is 2.82. The van der Waals surface area contributed by atoms with Gasteiger partial charge in [-0.15, -0.1) is 0 Å². The summed E-state index contributed by atoms with van der Waals surface area (Å²) >= 11 is 0. The van der Waals surface area contributed by atoms with Gasteiger partial charge >= 0.3 is 11.9 Å². The fourth-order valence-electron chi connectivity index (χ4n) is 3.24. The van der Waals surface area contributed by atoms with E-state index >= 15 is 0 Å². The van der Waals surface area contributed by atoms with Crippen LogP contribution in [0.4, 0.5) is 0 Å². The van der Waals surface area contributed by atoms with Gasteiger partial charge in [-0.1, -0.05) is 30.3 Å². The highest BCUT2D eigenvalue weighted by Gasteiger charge is 2.26. The molecular weight excluding hydrogens is 400 g/mol. The van der Waals surface area contributed by atoms with Gasteiger partial charge in [0.25, 0.3) is 0 Å². The van der Waals surface area contributed by atoms with Gasteiger partial charge in [0, 0.05) is 31.0 Å². The van der Waals surface area contributed by atoms with Crippen LogP contribution in [0.25, 0.3) is 10.8 Å². The summed E-state index contributed by atoms with van der Waals surface area (Å²) in [6.45, 7) is 3.04. The highest BCUT2D eigenvalue weighted by Crippen LogP contribution is 2.51. The summed E-state index contributed by atoms with van der Waals surface area (Å²) in [6, 6.07) is 15.2. The molecule has 0 unspecified atom stereocenters. The lowest BCUT2D eigenvalue weighted by Crippen LogP contribution is -2.08. The zero-order valence-corrected chi connectivity index (χ0v) is 17.9. The van der Waals surface area contributed by atoms with E-state index < -0.39 is 11.9 Å². The summed E-state index contributed by atoms with van der Waals surface area (Å²) in [5.41, 5.74) is 1.16. The second-order valence-corrected chi connectivity index (χ2v) is 6.70. The maximum absolute atomic E-state index is 11.8. The topological polar surface area (TPSA) is 80.3 Å². The number of benzene rings is 3. The van der Waals surface area contributed by atoms with Crippen LogP contribution in [-0.2, 0) is 16.0 Å². The van der Waals surface area contributed by atoms with Crippen molar-refractivity contribution >= 4 is 22.7 Å². The first-order valence-electron chi connectivity index (χ1n) is 9.69. The van der Waals surface area contributed by atoms with E-state index in [9.17, 15) is 9.59 Å². The van der Waals surface area contributed by atoms with Crippen molar-refractivity contribution < 1.29 is 33.3 Å². The zero-order valence-electron chi connectivity index (χ0n) is 17.9. The first-order valence-corrected chi connectivity index (χ1v) is 9.69. The minimum atomic E-state index is -0.530. The molecule has 0 aromatic heterocycles. The van der Waals surface area contributed by atoms with Crippen molar-refractivity contribution in [1.29, 1.82) is 0 Å². The van der Waals surface area contributed by atoms with Crippen molar-refractivity contribution in [3.05, 3.63) is 54.1 Å². The number of rotatable bonds is 8. The molecule has 31 heavy (non-hydrogen) atoms. The molecule has 3 aromatic rings. The molecule has 0 fully saturated rings. The molecule has 0 spiro atoms. The molecule has 0 atom stereocenters. The van der Waals surface area contributed by atoms with Crippen molar-refractivity contribution in [1.82, 2.24) is 0 Å². The molecule has 7 heteroatoms. The summed E-state index contributed by atoms with van der Waals surface area (Å²) < 4.78 is 27.6. The minimum Gasteiger partial charge on any atom is -0.493 e. The molecular formula is C24H24O7. The molecule has 0 bridgehead atoms. The number of hydrogen-bond donors (Lipinski definition) is 0. The molecule has 0 aliphatic heterocycles. The van der Waals surface area contributed by atoms with E-state index in [1.165, 1.54) is 28.1 Å². The third-order valence-corrected chi connectivity index (χ3v) is 4.50. The van der Waals surface area contributed by atoms with Gasteiger partial charge in [0.1, 0.15) is 5.75 Å². The normalized spacial score (nSPS) is 10.5. The van der Waals surface area contributed by atoms with E-state index in [-0.39, 0.29) is 23.0 Å². The number of esters is 2. The second kappa shape index (κ2) is 9.84. The van der Waals surface area contributed by atoms with Crippen LogP contribution in [0.15, 0.2) is 48.5 Å². The molecule has 162 valence electrons. The Kier molecular flexibility index (Phi) is 6.97. The third kappa shape index (κ3) is 5.06. The molecule has 0 amide bonds. The molecule has 7 nitrogen and oxygen atoms in total. The zero-order chi connectivity index (χ0) is 22.4. The molecule has 0 radical (unpaired) electrons. The quantitative estimate of drug-likeness (QED) is 0.393. The minimum absolute atomic E-state index is 0.142. The van der Waals surface area contributed by atoms with Gasteiger partial charge in [-0.05, 0) is 23.8 Å². The Morgan fingerprint density at radius 2 is 1.32 bits per heavy atom. The maximum atomic E-state index is 11.8. The molecule has 0 heterocycles. The SMILES string of the molecule is COc1c(OC)c(OC(C)=O)c2cc(OCCc3ccccc3)ccc2c1OC(C)=O. The standard InChI is InChI=1S/C24H24O7/c1-15(25)30-21-19-11-10-18(29-13-12-17-8-6-5-7-9-17)14-20(19)22(31-16(2)26)24(28-4)23(21)27-3/h5-11,14H,12-13H2,1-4H3.